The van der Waals surface area contributed by atoms with E-state index in [9.17, 15) is 0 Å². The highest BCUT2D eigenvalue weighted by molar-refractivity contribution is 9.10. The number of benzene rings is 1. The summed E-state index contributed by atoms with van der Waals surface area (Å²) in [5, 5.41) is 12.1. The summed E-state index contributed by atoms with van der Waals surface area (Å²) < 4.78 is 2.68. The van der Waals surface area contributed by atoms with Crippen molar-refractivity contribution in [2.75, 3.05) is 5.73 Å². The van der Waals surface area contributed by atoms with Gasteiger partial charge in [-0.05, 0) is 49.8 Å². The predicted octanol–water partition coefficient (Wildman–Crippen LogP) is 3.37. The highest BCUT2D eigenvalue weighted by Crippen LogP contribution is 2.32. The van der Waals surface area contributed by atoms with Gasteiger partial charge in [0.1, 0.15) is 0 Å². The zero-order valence-corrected chi connectivity index (χ0v) is 13.8. The number of anilines is 1. The van der Waals surface area contributed by atoms with Gasteiger partial charge in [0, 0.05) is 17.8 Å². The average Bonchev–Trinajstić information content (AvgIpc) is 2.79. The monoisotopic (exact) mass is 337 g/mol. The fourth-order valence-corrected chi connectivity index (χ4v) is 2.22. The van der Waals surface area contributed by atoms with Gasteiger partial charge in [-0.2, -0.15) is 0 Å². The molecular formula is C14H20BrN5. The quantitative estimate of drug-likeness (QED) is 0.871. The summed E-state index contributed by atoms with van der Waals surface area (Å²) in [6, 6.07) is 5.71. The van der Waals surface area contributed by atoms with Crippen LogP contribution in [0.5, 0.6) is 0 Å². The van der Waals surface area contributed by atoms with Crippen molar-refractivity contribution in [2.24, 2.45) is 11.3 Å². The fraction of sp³-hybridized carbons (Fsp3) is 0.500. The lowest BCUT2D eigenvalue weighted by molar-refractivity contribution is 0.225. The van der Waals surface area contributed by atoms with Crippen LogP contribution in [0.25, 0.3) is 11.4 Å². The van der Waals surface area contributed by atoms with Crippen LogP contribution in [0.3, 0.4) is 0 Å². The van der Waals surface area contributed by atoms with Crippen molar-refractivity contribution in [3.05, 3.63) is 22.7 Å². The van der Waals surface area contributed by atoms with Gasteiger partial charge in [-0.3, -0.25) is 0 Å². The van der Waals surface area contributed by atoms with Crippen molar-refractivity contribution in [3.8, 4) is 11.4 Å². The smallest absolute Gasteiger partial charge is 0.183 e. The number of rotatable bonds is 3. The fourth-order valence-electron chi connectivity index (χ4n) is 1.78. The van der Waals surface area contributed by atoms with Crippen LogP contribution in [0, 0.1) is 11.3 Å². The van der Waals surface area contributed by atoms with Crippen LogP contribution in [-0.2, 0) is 6.54 Å². The Hall–Kier alpha value is -1.43. The molecule has 20 heavy (non-hydrogen) atoms. The molecule has 0 spiro atoms. The number of nitrogens with two attached hydrogens (primary N) is 1. The average molecular weight is 338 g/mol. The minimum Gasteiger partial charge on any atom is -0.398 e. The molecule has 1 unspecified atom stereocenters. The molecule has 0 fully saturated rings. The maximum atomic E-state index is 5.92. The van der Waals surface area contributed by atoms with Crippen molar-refractivity contribution < 1.29 is 0 Å². The maximum Gasteiger partial charge on any atom is 0.183 e. The second-order valence-corrected chi connectivity index (χ2v) is 6.95. The molecular weight excluding hydrogens is 318 g/mol. The van der Waals surface area contributed by atoms with E-state index in [1.807, 2.05) is 22.9 Å². The predicted molar refractivity (Wildman–Crippen MR) is 84.0 cm³/mol. The number of halogens is 1. The van der Waals surface area contributed by atoms with Crippen LogP contribution in [0.4, 0.5) is 5.69 Å². The molecule has 0 aliphatic heterocycles. The van der Waals surface area contributed by atoms with Gasteiger partial charge in [-0.25, -0.2) is 4.68 Å². The van der Waals surface area contributed by atoms with Crippen molar-refractivity contribution >= 4 is 21.6 Å². The van der Waals surface area contributed by atoms with Crippen LogP contribution in [0.1, 0.15) is 27.7 Å². The lowest BCUT2D eigenvalue weighted by atomic mass is 9.82. The zero-order valence-electron chi connectivity index (χ0n) is 12.3. The molecule has 0 amide bonds. The largest absolute Gasteiger partial charge is 0.398 e. The Balaban J connectivity index is 2.36. The molecule has 0 saturated heterocycles. The third-order valence-corrected chi connectivity index (χ3v) is 4.61. The summed E-state index contributed by atoms with van der Waals surface area (Å²) in [4.78, 5) is 0. The SMILES string of the molecule is CC(Cn1nnnc1-c1cccc(N)c1Br)C(C)(C)C. The van der Waals surface area contributed by atoms with E-state index in [2.05, 4.69) is 59.2 Å². The van der Waals surface area contributed by atoms with Gasteiger partial charge in [0.05, 0.1) is 4.47 Å². The lowest BCUT2D eigenvalue weighted by Crippen LogP contribution is -2.23. The molecule has 0 saturated carbocycles. The third kappa shape index (κ3) is 3.00. The Kier molecular flexibility index (Phi) is 4.13. The van der Waals surface area contributed by atoms with E-state index in [1.165, 1.54) is 0 Å². The first-order valence-electron chi connectivity index (χ1n) is 6.61. The third-order valence-electron chi connectivity index (χ3n) is 3.73. The number of hydrogen-bond donors (Lipinski definition) is 1. The molecule has 5 nitrogen and oxygen atoms in total. The van der Waals surface area contributed by atoms with Crippen LogP contribution in [-0.4, -0.2) is 20.2 Å². The van der Waals surface area contributed by atoms with E-state index in [0.717, 1.165) is 22.4 Å². The first kappa shape index (κ1) is 15.0. The minimum absolute atomic E-state index is 0.205. The molecule has 1 aromatic carbocycles. The van der Waals surface area contributed by atoms with Gasteiger partial charge in [-0.15, -0.1) is 5.10 Å². The normalized spacial score (nSPS) is 13.4. The Morgan fingerprint density at radius 2 is 2.05 bits per heavy atom. The molecule has 1 aromatic heterocycles. The standard InChI is InChI=1S/C14H20BrN5/c1-9(14(2,3)4)8-20-13(17-18-19-20)10-6-5-7-11(16)12(10)15/h5-7,9H,8,16H2,1-4H3. The summed E-state index contributed by atoms with van der Waals surface area (Å²) in [6.45, 7) is 9.64. The second-order valence-electron chi connectivity index (χ2n) is 6.16. The molecule has 2 aromatic rings. The van der Waals surface area contributed by atoms with Gasteiger partial charge in [-0.1, -0.05) is 33.8 Å². The molecule has 0 radical (unpaired) electrons. The number of nitrogen functional groups attached to an aromatic ring is 1. The van der Waals surface area contributed by atoms with E-state index in [4.69, 9.17) is 5.73 Å². The molecule has 1 heterocycles. The van der Waals surface area contributed by atoms with Gasteiger partial charge in [0.25, 0.3) is 0 Å². The van der Waals surface area contributed by atoms with Crippen LogP contribution >= 0.6 is 15.9 Å². The van der Waals surface area contributed by atoms with Crippen molar-refractivity contribution in [3.63, 3.8) is 0 Å². The highest BCUT2D eigenvalue weighted by Gasteiger charge is 2.23. The topological polar surface area (TPSA) is 69.6 Å². The second kappa shape index (κ2) is 5.52. The molecule has 0 bridgehead atoms. The molecule has 2 rings (SSSR count). The van der Waals surface area contributed by atoms with Gasteiger partial charge >= 0.3 is 0 Å². The Bertz CT molecular complexity index is 600. The zero-order chi connectivity index (χ0) is 14.9. The molecule has 1 atom stereocenters. The molecule has 0 aliphatic rings. The van der Waals surface area contributed by atoms with E-state index >= 15 is 0 Å². The molecule has 108 valence electrons. The number of nitrogens with zero attached hydrogens (tertiary/aromatic N) is 4. The summed E-state index contributed by atoms with van der Waals surface area (Å²) in [6.07, 6.45) is 0. The van der Waals surface area contributed by atoms with Gasteiger partial charge in [0.2, 0.25) is 0 Å². The van der Waals surface area contributed by atoms with E-state index in [0.29, 0.717) is 11.6 Å². The summed E-state index contributed by atoms with van der Waals surface area (Å²) in [5.74, 6) is 1.19. The number of tetrazole rings is 1. The highest BCUT2D eigenvalue weighted by atomic mass is 79.9. The Morgan fingerprint density at radius 3 is 2.70 bits per heavy atom. The minimum atomic E-state index is 0.205. The number of hydrogen-bond acceptors (Lipinski definition) is 4. The lowest BCUT2D eigenvalue weighted by Gasteiger charge is -2.27. The molecule has 2 N–H and O–H groups in total. The molecule has 0 aliphatic carbocycles. The van der Waals surface area contributed by atoms with Crippen molar-refractivity contribution in [1.82, 2.24) is 20.2 Å². The van der Waals surface area contributed by atoms with Crippen molar-refractivity contribution in [1.29, 1.82) is 0 Å². The van der Waals surface area contributed by atoms with Crippen LogP contribution < -0.4 is 5.73 Å². The maximum absolute atomic E-state index is 5.92. The molecule has 6 heteroatoms. The van der Waals surface area contributed by atoms with E-state index < -0.39 is 0 Å². The first-order valence-corrected chi connectivity index (χ1v) is 7.40. The van der Waals surface area contributed by atoms with Gasteiger partial charge < -0.3 is 5.73 Å². The first-order chi connectivity index (χ1) is 9.30. The Morgan fingerprint density at radius 1 is 1.35 bits per heavy atom. The van der Waals surface area contributed by atoms with Crippen LogP contribution in [0.2, 0.25) is 0 Å². The van der Waals surface area contributed by atoms with Crippen molar-refractivity contribution in [2.45, 2.75) is 34.2 Å². The van der Waals surface area contributed by atoms with Gasteiger partial charge in [0.15, 0.2) is 5.82 Å². The summed E-state index contributed by atoms with van der Waals surface area (Å²) in [7, 11) is 0. The number of aromatic nitrogens is 4. The van der Waals surface area contributed by atoms with E-state index in [1.54, 1.807) is 0 Å². The Labute approximate surface area is 127 Å². The van der Waals surface area contributed by atoms with E-state index in [-0.39, 0.29) is 5.41 Å². The summed E-state index contributed by atoms with van der Waals surface area (Å²) in [5.41, 5.74) is 7.72. The summed E-state index contributed by atoms with van der Waals surface area (Å²) >= 11 is 3.51. The van der Waals surface area contributed by atoms with Crippen LogP contribution in [0.15, 0.2) is 22.7 Å².